The number of nitrogens with zero attached hydrogens (tertiary/aromatic N) is 1. The second-order valence-corrected chi connectivity index (χ2v) is 9.24. The van der Waals surface area contributed by atoms with Gasteiger partial charge in [0, 0.05) is 28.5 Å². The van der Waals surface area contributed by atoms with Crippen molar-refractivity contribution < 1.29 is 32.3 Å². The van der Waals surface area contributed by atoms with E-state index in [0.717, 1.165) is 45.4 Å². The summed E-state index contributed by atoms with van der Waals surface area (Å²) in [5.74, 6) is -0.123. The van der Waals surface area contributed by atoms with E-state index in [2.05, 4.69) is 10.3 Å². The molecule has 0 bridgehead atoms. The molecule has 4 N–H and O–H groups in total. The van der Waals surface area contributed by atoms with Gasteiger partial charge in [-0.2, -0.15) is 24.9 Å². The van der Waals surface area contributed by atoms with Gasteiger partial charge in [0.15, 0.2) is 5.76 Å². The Hall–Kier alpha value is -2.57. The largest absolute Gasteiger partial charge is 0.490 e. The fraction of sp³-hybridized carbons (Fsp3) is 0.350. The molecule has 1 amide bonds. The van der Waals surface area contributed by atoms with Crippen LogP contribution in [0.25, 0.3) is 22.4 Å². The van der Waals surface area contributed by atoms with Gasteiger partial charge in [-0.15, -0.1) is 11.3 Å². The molecule has 1 aromatic carbocycles. The van der Waals surface area contributed by atoms with Crippen molar-refractivity contribution in [1.29, 1.82) is 0 Å². The number of furan rings is 1. The zero-order valence-corrected chi connectivity index (χ0v) is 18.3. The summed E-state index contributed by atoms with van der Waals surface area (Å²) in [6.07, 6.45) is -3.81. The Kier molecular flexibility index (Phi) is 7.47. The molecule has 1 fully saturated rings. The van der Waals surface area contributed by atoms with Crippen molar-refractivity contribution in [1.82, 2.24) is 10.3 Å². The number of benzene rings is 1. The van der Waals surface area contributed by atoms with E-state index in [0.29, 0.717) is 13.0 Å². The van der Waals surface area contributed by atoms with Crippen LogP contribution >= 0.6 is 23.1 Å². The van der Waals surface area contributed by atoms with Gasteiger partial charge >= 0.3 is 12.1 Å². The number of carbonyl (C=O) groups is 2. The summed E-state index contributed by atoms with van der Waals surface area (Å²) in [6.45, 7) is 0.424. The molecule has 0 spiro atoms. The molecule has 1 unspecified atom stereocenters. The Morgan fingerprint density at radius 3 is 2.66 bits per heavy atom. The molecule has 1 aliphatic heterocycles. The van der Waals surface area contributed by atoms with E-state index in [1.807, 2.05) is 47.5 Å². The molecule has 4 rings (SSSR count). The number of alkyl halides is 3. The number of carboxylic acids is 1. The van der Waals surface area contributed by atoms with Gasteiger partial charge in [-0.3, -0.25) is 4.79 Å². The topological polar surface area (TPSA) is 118 Å². The van der Waals surface area contributed by atoms with E-state index in [-0.39, 0.29) is 11.4 Å². The number of nitrogens with two attached hydrogens (primary N) is 1. The number of halogens is 3. The summed E-state index contributed by atoms with van der Waals surface area (Å²) in [5, 5.41) is 13.9. The van der Waals surface area contributed by atoms with E-state index < -0.39 is 12.1 Å². The molecule has 1 saturated heterocycles. The fourth-order valence-corrected chi connectivity index (χ4v) is 5.00. The Morgan fingerprint density at radius 1 is 1.31 bits per heavy atom. The van der Waals surface area contributed by atoms with Gasteiger partial charge in [0.25, 0.3) is 0 Å². The molecule has 32 heavy (non-hydrogen) atoms. The first kappa shape index (κ1) is 24.1. The number of hydrogen-bond donors (Lipinski definition) is 3. The number of fused-ring (bicyclic) bond motifs is 1. The summed E-state index contributed by atoms with van der Waals surface area (Å²) >= 11 is 3.33. The number of rotatable bonds is 5. The second kappa shape index (κ2) is 9.92. The van der Waals surface area contributed by atoms with Crippen LogP contribution in [0.5, 0.6) is 0 Å². The van der Waals surface area contributed by atoms with E-state index in [1.54, 1.807) is 0 Å². The van der Waals surface area contributed by atoms with Crippen molar-refractivity contribution in [3.8, 4) is 11.5 Å². The summed E-state index contributed by atoms with van der Waals surface area (Å²) in [7, 11) is 0. The molecule has 3 aromatic rings. The number of carboxylic acid groups (broad SMARTS) is 1. The highest BCUT2D eigenvalue weighted by molar-refractivity contribution is 7.99. The average molecular weight is 488 g/mol. The van der Waals surface area contributed by atoms with Gasteiger partial charge in [0.2, 0.25) is 5.91 Å². The number of carbonyl (C=O) groups excluding carboxylic acids is 1. The minimum Gasteiger partial charge on any atom is -0.475 e. The van der Waals surface area contributed by atoms with E-state index in [9.17, 15) is 18.0 Å². The highest BCUT2D eigenvalue weighted by Crippen LogP contribution is 2.29. The fourth-order valence-electron chi connectivity index (χ4n) is 2.93. The SMILES string of the molecule is NC1(CC(=O)NCc2nc(-c3cc4ccccc4o3)cs2)CCSC1.O=C(O)C(F)(F)F. The number of thiazole rings is 1. The molecule has 1 aliphatic rings. The van der Waals surface area contributed by atoms with Crippen molar-refractivity contribution in [3.63, 3.8) is 0 Å². The Balaban J connectivity index is 0.000000360. The first-order valence-corrected chi connectivity index (χ1v) is 11.5. The molecular weight excluding hydrogens is 467 g/mol. The summed E-state index contributed by atoms with van der Waals surface area (Å²) in [5.41, 5.74) is 7.54. The van der Waals surface area contributed by atoms with Crippen LogP contribution in [0.3, 0.4) is 0 Å². The molecule has 172 valence electrons. The van der Waals surface area contributed by atoms with E-state index in [4.69, 9.17) is 20.1 Å². The molecule has 12 heteroatoms. The van der Waals surface area contributed by atoms with Crippen molar-refractivity contribution in [2.75, 3.05) is 11.5 Å². The standard InChI is InChI=1S/C18H19N3O2S2.C2HF3O2/c19-18(5-6-24-11-18)8-16(22)20-9-17-21-13(10-25-17)15-7-12-3-1-2-4-14(12)23-15;3-2(4,5)1(6)7/h1-4,7,10H,5-6,8-9,11,19H2,(H,20,22);(H,6,7). The number of hydrogen-bond acceptors (Lipinski definition) is 7. The van der Waals surface area contributed by atoms with Gasteiger partial charge < -0.3 is 20.6 Å². The summed E-state index contributed by atoms with van der Waals surface area (Å²) in [4.78, 5) is 25.6. The average Bonchev–Trinajstić information content (AvgIpc) is 3.45. The minimum atomic E-state index is -5.08. The Labute approximate surface area is 189 Å². The highest BCUT2D eigenvalue weighted by Gasteiger charge is 2.38. The molecule has 7 nitrogen and oxygen atoms in total. The third-order valence-electron chi connectivity index (χ3n) is 4.56. The van der Waals surface area contributed by atoms with Gasteiger partial charge in [-0.25, -0.2) is 9.78 Å². The maximum Gasteiger partial charge on any atom is 0.490 e. The molecular formula is C20H20F3N3O4S2. The minimum absolute atomic E-state index is 0.00881. The third kappa shape index (κ3) is 6.47. The lowest BCUT2D eigenvalue weighted by atomic mass is 9.96. The molecule has 2 aromatic heterocycles. The van der Waals surface area contributed by atoms with Gasteiger partial charge in [0.1, 0.15) is 16.3 Å². The van der Waals surface area contributed by atoms with Crippen molar-refractivity contribution in [3.05, 3.63) is 40.7 Å². The van der Waals surface area contributed by atoms with Crippen LogP contribution in [0.4, 0.5) is 13.2 Å². The zero-order chi connectivity index (χ0) is 23.4. The summed E-state index contributed by atoms with van der Waals surface area (Å²) in [6, 6.07) is 9.88. The smallest absolute Gasteiger partial charge is 0.475 e. The molecule has 0 radical (unpaired) electrons. The maximum atomic E-state index is 12.1. The van der Waals surface area contributed by atoms with E-state index in [1.165, 1.54) is 11.3 Å². The molecule has 0 aliphatic carbocycles. The lowest BCUT2D eigenvalue weighted by Gasteiger charge is -2.21. The maximum absolute atomic E-state index is 12.1. The lowest BCUT2D eigenvalue weighted by molar-refractivity contribution is -0.192. The van der Waals surface area contributed by atoms with E-state index >= 15 is 0 Å². The number of thioether (sulfide) groups is 1. The van der Waals surface area contributed by atoms with Crippen LogP contribution in [0.2, 0.25) is 0 Å². The van der Waals surface area contributed by atoms with Crippen molar-refractivity contribution in [2.45, 2.75) is 31.1 Å². The first-order valence-electron chi connectivity index (χ1n) is 9.42. The zero-order valence-electron chi connectivity index (χ0n) is 16.6. The number of amides is 1. The third-order valence-corrected chi connectivity index (χ3v) is 6.68. The number of para-hydroxylation sites is 1. The normalized spacial score (nSPS) is 18.2. The van der Waals surface area contributed by atoms with Crippen molar-refractivity contribution in [2.24, 2.45) is 5.73 Å². The Morgan fingerprint density at radius 2 is 2.03 bits per heavy atom. The van der Waals surface area contributed by atoms with Crippen LogP contribution in [0.15, 0.2) is 40.1 Å². The lowest BCUT2D eigenvalue weighted by Crippen LogP contribution is -2.44. The molecule has 1 atom stereocenters. The van der Waals surface area contributed by atoms with Crippen molar-refractivity contribution >= 4 is 45.9 Å². The number of aromatic nitrogens is 1. The number of nitrogens with one attached hydrogen (secondary N) is 1. The van der Waals surface area contributed by atoms with Crippen LogP contribution in [0.1, 0.15) is 17.8 Å². The number of aliphatic carboxylic acids is 1. The predicted molar refractivity (Wildman–Crippen MR) is 116 cm³/mol. The van der Waals surface area contributed by atoms with Crippen LogP contribution in [-0.2, 0) is 16.1 Å². The second-order valence-electron chi connectivity index (χ2n) is 7.20. The summed E-state index contributed by atoms with van der Waals surface area (Å²) < 4.78 is 37.6. The Bertz CT molecular complexity index is 1060. The monoisotopic (exact) mass is 487 g/mol. The highest BCUT2D eigenvalue weighted by atomic mass is 32.2. The van der Waals surface area contributed by atoms with Crippen LogP contribution < -0.4 is 11.1 Å². The quantitative estimate of drug-likeness (QED) is 0.497. The molecule has 3 heterocycles. The molecule has 0 saturated carbocycles. The van der Waals surface area contributed by atoms with Gasteiger partial charge in [0.05, 0.1) is 6.54 Å². The van der Waals surface area contributed by atoms with Gasteiger partial charge in [-0.1, -0.05) is 18.2 Å². The predicted octanol–water partition coefficient (Wildman–Crippen LogP) is 4.03. The van der Waals surface area contributed by atoms with Crippen LogP contribution in [-0.4, -0.2) is 45.2 Å². The first-order chi connectivity index (χ1) is 15.1. The van der Waals surface area contributed by atoms with Crippen LogP contribution in [0, 0.1) is 0 Å². The van der Waals surface area contributed by atoms with Gasteiger partial charge in [-0.05, 0) is 24.3 Å².